The van der Waals surface area contributed by atoms with Crippen LogP contribution in [0.3, 0.4) is 0 Å². The Morgan fingerprint density at radius 3 is 2.69 bits per heavy atom. The Morgan fingerprint density at radius 1 is 1.23 bits per heavy atom. The van der Waals surface area contributed by atoms with Crippen molar-refractivity contribution in [3.8, 4) is 17.5 Å². The van der Waals surface area contributed by atoms with E-state index in [1.807, 2.05) is 18.3 Å². The molecule has 2 aromatic heterocycles. The fraction of sp³-hybridized carbons (Fsp3) is 0.300. The highest BCUT2D eigenvalue weighted by Gasteiger charge is 2.31. The fourth-order valence-corrected chi connectivity index (χ4v) is 3.91. The SMILES string of the molecule is Cc1ccc(CC(C#N)Sc2nnc(-c3cccnc3)n2C2CC2)cc1. The van der Waals surface area contributed by atoms with E-state index in [4.69, 9.17) is 0 Å². The molecule has 1 aliphatic rings. The summed E-state index contributed by atoms with van der Waals surface area (Å²) in [7, 11) is 0. The second-order valence-corrected chi connectivity index (χ2v) is 7.74. The number of hydrogen-bond acceptors (Lipinski definition) is 5. The number of benzene rings is 1. The largest absolute Gasteiger partial charge is 0.299 e. The number of pyridine rings is 1. The smallest absolute Gasteiger partial charge is 0.193 e. The summed E-state index contributed by atoms with van der Waals surface area (Å²) in [6, 6.07) is 15.1. The van der Waals surface area contributed by atoms with E-state index in [0.717, 1.165) is 29.4 Å². The summed E-state index contributed by atoms with van der Waals surface area (Å²) in [4.78, 5) is 4.19. The standard InChI is InChI=1S/C20H19N5S/c1-14-4-6-15(7-5-14)11-18(12-21)26-20-24-23-19(25(20)17-8-9-17)16-3-2-10-22-13-16/h2-7,10,13,17-18H,8-9,11H2,1H3. The van der Waals surface area contributed by atoms with Crippen molar-refractivity contribution in [3.05, 3.63) is 59.9 Å². The summed E-state index contributed by atoms with van der Waals surface area (Å²) in [6.07, 6.45) is 6.53. The number of aryl methyl sites for hydroxylation is 1. The van der Waals surface area contributed by atoms with Gasteiger partial charge < -0.3 is 0 Å². The van der Waals surface area contributed by atoms with Gasteiger partial charge in [0.2, 0.25) is 0 Å². The van der Waals surface area contributed by atoms with Crippen molar-refractivity contribution in [3.63, 3.8) is 0 Å². The first-order valence-corrected chi connectivity index (χ1v) is 9.59. The Hall–Kier alpha value is -2.65. The number of thioether (sulfide) groups is 1. The maximum atomic E-state index is 9.63. The van der Waals surface area contributed by atoms with E-state index in [0.29, 0.717) is 12.5 Å². The van der Waals surface area contributed by atoms with Crippen molar-refractivity contribution in [1.29, 1.82) is 5.26 Å². The molecule has 3 aromatic rings. The lowest BCUT2D eigenvalue weighted by Crippen LogP contribution is -2.07. The van der Waals surface area contributed by atoms with Crippen LogP contribution in [0.4, 0.5) is 0 Å². The quantitative estimate of drug-likeness (QED) is 0.615. The van der Waals surface area contributed by atoms with Gasteiger partial charge in [0, 0.05) is 24.0 Å². The molecule has 1 unspecified atom stereocenters. The lowest BCUT2D eigenvalue weighted by atomic mass is 10.1. The molecule has 0 radical (unpaired) electrons. The summed E-state index contributed by atoms with van der Waals surface area (Å²) in [6.45, 7) is 2.07. The van der Waals surface area contributed by atoms with Gasteiger partial charge in [-0.15, -0.1) is 10.2 Å². The van der Waals surface area contributed by atoms with Crippen molar-refractivity contribution in [2.24, 2.45) is 0 Å². The van der Waals surface area contributed by atoms with E-state index < -0.39 is 0 Å². The van der Waals surface area contributed by atoms with Crippen LogP contribution in [0, 0.1) is 18.3 Å². The lowest BCUT2D eigenvalue weighted by molar-refractivity contribution is 0.668. The third-order valence-corrected chi connectivity index (χ3v) is 5.48. The van der Waals surface area contributed by atoms with Gasteiger partial charge in [0.15, 0.2) is 11.0 Å². The van der Waals surface area contributed by atoms with E-state index in [1.165, 1.54) is 22.9 Å². The molecule has 26 heavy (non-hydrogen) atoms. The minimum absolute atomic E-state index is 0.193. The van der Waals surface area contributed by atoms with E-state index in [-0.39, 0.29) is 5.25 Å². The first kappa shape index (κ1) is 16.8. The van der Waals surface area contributed by atoms with Crippen LogP contribution < -0.4 is 0 Å². The Bertz CT molecular complexity index is 923. The normalized spacial score (nSPS) is 14.8. The van der Waals surface area contributed by atoms with Gasteiger partial charge in [-0.05, 0) is 43.9 Å². The van der Waals surface area contributed by atoms with Crippen LogP contribution >= 0.6 is 11.8 Å². The van der Waals surface area contributed by atoms with E-state index in [9.17, 15) is 5.26 Å². The fourth-order valence-electron chi connectivity index (χ4n) is 2.89. The number of hydrogen-bond donors (Lipinski definition) is 0. The summed E-state index contributed by atoms with van der Waals surface area (Å²) in [5.41, 5.74) is 3.36. The molecule has 0 aliphatic heterocycles. The number of rotatable bonds is 6. The Labute approximate surface area is 157 Å². The Balaban J connectivity index is 1.58. The van der Waals surface area contributed by atoms with Crippen molar-refractivity contribution in [1.82, 2.24) is 19.7 Å². The molecular formula is C20H19N5S. The number of aromatic nitrogens is 4. The lowest BCUT2D eigenvalue weighted by Gasteiger charge is -2.11. The Kier molecular flexibility index (Phi) is 4.72. The van der Waals surface area contributed by atoms with Crippen LogP contribution in [-0.4, -0.2) is 25.0 Å². The van der Waals surface area contributed by atoms with Gasteiger partial charge in [0.05, 0.1) is 6.07 Å². The third-order valence-electron chi connectivity index (χ3n) is 4.43. The molecule has 6 heteroatoms. The molecule has 4 rings (SSSR count). The second kappa shape index (κ2) is 7.30. The average Bonchev–Trinajstić information content (AvgIpc) is 3.43. The second-order valence-electron chi connectivity index (χ2n) is 6.57. The highest BCUT2D eigenvalue weighted by Crippen LogP contribution is 2.41. The molecule has 1 fully saturated rings. The van der Waals surface area contributed by atoms with Gasteiger partial charge in [-0.3, -0.25) is 9.55 Å². The molecule has 0 amide bonds. The first-order valence-electron chi connectivity index (χ1n) is 8.71. The zero-order valence-electron chi connectivity index (χ0n) is 14.5. The van der Waals surface area contributed by atoms with Crippen LogP contribution in [0.5, 0.6) is 0 Å². The van der Waals surface area contributed by atoms with Gasteiger partial charge in [-0.2, -0.15) is 5.26 Å². The predicted octanol–water partition coefficient (Wildman–Crippen LogP) is 4.21. The zero-order valence-corrected chi connectivity index (χ0v) is 15.4. The first-order chi connectivity index (χ1) is 12.7. The van der Waals surface area contributed by atoms with E-state index in [2.05, 4.69) is 57.0 Å². The highest BCUT2D eigenvalue weighted by atomic mass is 32.2. The van der Waals surface area contributed by atoms with Crippen LogP contribution in [-0.2, 0) is 6.42 Å². The molecule has 5 nitrogen and oxygen atoms in total. The van der Waals surface area contributed by atoms with Crippen molar-refractivity contribution in [2.75, 3.05) is 0 Å². The van der Waals surface area contributed by atoms with E-state index in [1.54, 1.807) is 6.20 Å². The summed E-state index contributed by atoms with van der Waals surface area (Å²) in [5, 5.41) is 19.1. The predicted molar refractivity (Wildman–Crippen MR) is 102 cm³/mol. The number of nitrogens with zero attached hydrogens (tertiary/aromatic N) is 5. The Morgan fingerprint density at radius 2 is 2.04 bits per heavy atom. The van der Waals surface area contributed by atoms with Crippen LogP contribution in [0.15, 0.2) is 53.9 Å². The monoisotopic (exact) mass is 361 g/mol. The third kappa shape index (κ3) is 3.63. The topological polar surface area (TPSA) is 67.4 Å². The molecule has 1 saturated carbocycles. The van der Waals surface area contributed by atoms with E-state index >= 15 is 0 Å². The summed E-state index contributed by atoms with van der Waals surface area (Å²) < 4.78 is 2.18. The van der Waals surface area contributed by atoms with Crippen molar-refractivity contribution in [2.45, 2.75) is 42.6 Å². The maximum Gasteiger partial charge on any atom is 0.193 e. The van der Waals surface area contributed by atoms with Crippen molar-refractivity contribution >= 4 is 11.8 Å². The molecule has 0 N–H and O–H groups in total. The van der Waals surface area contributed by atoms with Gasteiger partial charge >= 0.3 is 0 Å². The minimum Gasteiger partial charge on any atom is -0.299 e. The molecule has 0 spiro atoms. The van der Waals surface area contributed by atoms with Crippen molar-refractivity contribution < 1.29 is 0 Å². The number of nitriles is 1. The molecule has 0 saturated heterocycles. The summed E-state index contributed by atoms with van der Waals surface area (Å²) >= 11 is 1.51. The molecule has 0 bridgehead atoms. The molecule has 1 aromatic carbocycles. The van der Waals surface area contributed by atoms with Gasteiger partial charge in [0.1, 0.15) is 5.25 Å². The van der Waals surface area contributed by atoms with Gasteiger partial charge in [-0.1, -0.05) is 41.6 Å². The molecule has 130 valence electrons. The maximum absolute atomic E-state index is 9.63. The van der Waals surface area contributed by atoms with Crippen LogP contribution in [0.1, 0.15) is 30.0 Å². The minimum atomic E-state index is -0.193. The molecule has 2 heterocycles. The molecular weight excluding hydrogens is 342 g/mol. The van der Waals surface area contributed by atoms with Crippen LogP contribution in [0.2, 0.25) is 0 Å². The van der Waals surface area contributed by atoms with Gasteiger partial charge in [0.25, 0.3) is 0 Å². The molecule has 1 atom stereocenters. The molecule has 1 aliphatic carbocycles. The van der Waals surface area contributed by atoms with Gasteiger partial charge in [-0.25, -0.2) is 0 Å². The van der Waals surface area contributed by atoms with Crippen LogP contribution in [0.25, 0.3) is 11.4 Å². The summed E-state index contributed by atoms with van der Waals surface area (Å²) in [5.74, 6) is 0.843. The zero-order chi connectivity index (χ0) is 17.9. The average molecular weight is 361 g/mol. The highest BCUT2D eigenvalue weighted by molar-refractivity contribution is 8.00.